The van der Waals surface area contributed by atoms with Gasteiger partial charge in [-0.2, -0.15) is 0 Å². The average Bonchev–Trinajstić information content (AvgIpc) is 2.52. The lowest BCUT2D eigenvalue weighted by molar-refractivity contribution is 0.300. The number of methoxy groups -OCH3 is 1. The molecule has 0 bridgehead atoms. The number of aliphatic imine (C=N–C) groups is 1. The van der Waals surface area contributed by atoms with Crippen LogP contribution < -0.4 is 15.4 Å². The van der Waals surface area contributed by atoms with E-state index < -0.39 is 0 Å². The van der Waals surface area contributed by atoms with Crippen molar-refractivity contribution in [3.63, 3.8) is 0 Å². The Labute approximate surface area is 127 Å². The number of benzene rings is 1. The molecule has 118 valence electrons. The fourth-order valence-corrected chi connectivity index (χ4v) is 1.99. The zero-order valence-corrected chi connectivity index (χ0v) is 13.2. The minimum atomic E-state index is 0.104. The lowest BCUT2D eigenvalue weighted by Crippen LogP contribution is -2.38. The molecule has 0 fully saturated rings. The first-order chi connectivity index (χ1) is 10.2. The van der Waals surface area contributed by atoms with Crippen LogP contribution in [0, 0.1) is 0 Å². The van der Waals surface area contributed by atoms with Crippen LogP contribution in [0.5, 0.6) is 5.75 Å². The highest BCUT2D eigenvalue weighted by Gasteiger charge is 2.05. The highest BCUT2D eigenvalue weighted by Crippen LogP contribution is 2.21. The summed E-state index contributed by atoms with van der Waals surface area (Å²) >= 11 is 0. The summed E-state index contributed by atoms with van der Waals surface area (Å²) in [5.74, 6) is 2.08. The lowest BCUT2D eigenvalue weighted by atomic mass is 9.98. The zero-order valence-electron chi connectivity index (χ0n) is 13.2. The number of rotatable bonds is 8. The zero-order chi connectivity index (χ0) is 15.5. The molecule has 0 saturated heterocycles. The van der Waals surface area contributed by atoms with Crippen molar-refractivity contribution in [1.29, 1.82) is 0 Å². The van der Waals surface area contributed by atoms with E-state index in [2.05, 4.69) is 34.7 Å². The van der Waals surface area contributed by atoms with Gasteiger partial charge < -0.3 is 20.5 Å². The van der Waals surface area contributed by atoms with Gasteiger partial charge in [0, 0.05) is 19.6 Å². The first-order valence-electron chi connectivity index (χ1n) is 7.48. The van der Waals surface area contributed by atoms with Gasteiger partial charge in [0.2, 0.25) is 0 Å². The second-order valence-electron chi connectivity index (χ2n) is 4.87. The van der Waals surface area contributed by atoms with Crippen molar-refractivity contribution in [2.75, 3.05) is 33.4 Å². The van der Waals surface area contributed by atoms with Crippen molar-refractivity contribution in [3.8, 4) is 5.75 Å². The Morgan fingerprint density at radius 2 is 2.00 bits per heavy atom. The Bertz CT molecular complexity index is 418. The number of hydrogen-bond acceptors (Lipinski definition) is 3. The van der Waals surface area contributed by atoms with Gasteiger partial charge in [-0.3, -0.25) is 4.99 Å². The van der Waals surface area contributed by atoms with E-state index in [9.17, 15) is 0 Å². The molecular formula is C16H27N3O2. The molecule has 21 heavy (non-hydrogen) atoms. The van der Waals surface area contributed by atoms with E-state index >= 15 is 0 Å². The molecule has 3 N–H and O–H groups in total. The van der Waals surface area contributed by atoms with Crippen LogP contribution in [0.2, 0.25) is 0 Å². The maximum absolute atomic E-state index is 8.83. The maximum Gasteiger partial charge on any atom is 0.191 e. The van der Waals surface area contributed by atoms with E-state index in [0.717, 1.165) is 31.2 Å². The van der Waals surface area contributed by atoms with Crippen LogP contribution in [0.4, 0.5) is 0 Å². The predicted molar refractivity (Wildman–Crippen MR) is 87.1 cm³/mol. The molecule has 0 aromatic heterocycles. The van der Waals surface area contributed by atoms with Crippen molar-refractivity contribution in [2.45, 2.75) is 26.2 Å². The van der Waals surface area contributed by atoms with Crippen molar-refractivity contribution < 1.29 is 9.84 Å². The van der Waals surface area contributed by atoms with Gasteiger partial charge in [-0.15, -0.1) is 0 Å². The Morgan fingerprint density at radius 1 is 1.29 bits per heavy atom. The van der Waals surface area contributed by atoms with Crippen molar-refractivity contribution in [3.05, 3.63) is 29.8 Å². The summed E-state index contributed by atoms with van der Waals surface area (Å²) in [4.78, 5) is 4.51. The molecule has 0 heterocycles. The second-order valence-corrected chi connectivity index (χ2v) is 4.87. The third kappa shape index (κ3) is 6.49. The van der Waals surface area contributed by atoms with Gasteiger partial charge in [0.15, 0.2) is 5.96 Å². The SMILES string of the molecule is CCNC(=NCCC(C)c1ccc(OC)cc1)NCCO. The summed E-state index contributed by atoms with van der Waals surface area (Å²) in [7, 11) is 1.68. The highest BCUT2D eigenvalue weighted by atomic mass is 16.5. The van der Waals surface area contributed by atoms with Crippen LogP contribution in [-0.4, -0.2) is 44.4 Å². The van der Waals surface area contributed by atoms with Crippen LogP contribution in [-0.2, 0) is 0 Å². The van der Waals surface area contributed by atoms with Crippen molar-refractivity contribution in [1.82, 2.24) is 10.6 Å². The van der Waals surface area contributed by atoms with Gasteiger partial charge in [-0.1, -0.05) is 19.1 Å². The summed E-state index contributed by atoms with van der Waals surface area (Å²) in [6, 6.07) is 8.18. The largest absolute Gasteiger partial charge is 0.497 e. The summed E-state index contributed by atoms with van der Waals surface area (Å²) in [5, 5.41) is 15.1. The molecule has 1 aromatic rings. The topological polar surface area (TPSA) is 65.9 Å². The van der Waals surface area contributed by atoms with Gasteiger partial charge in [0.25, 0.3) is 0 Å². The molecule has 0 radical (unpaired) electrons. The monoisotopic (exact) mass is 293 g/mol. The van der Waals surface area contributed by atoms with Gasteiger partial charge in [0.05, 0.1) is 13.7 Å². The van der Waals surface area contributed by atoms with E-state index in [4.69, 9.17) is 9.84 Å². The Kier molecular flexibility index (Phi) is 8.28. The second kappa shape index (κ2) is 10.0. The molecule has 1 rings (SSSR count). The molecule has 1 aromatic carbocycles. The molecule has 0 spiro atoms. The normalized spacial score (nSPS) is 12.9. The minimum absolute atomic E-state index is 0.104. The van der Waals surface area contributed by atoms with Crippen LogP contribution in [0.25, 0.3) is 0 Å². The average molecular weight is 293 g/mol. The van der Waals surface area contributed by atoms with Gasteiger partial charge in [0.1, 0.15) is 5.75 Å². The highest BCUT2D eigenvalue weighted by molar-refractivity contribution is 5.79. The van der Waals surface area contributed by atoms with Crippen LogP contribution >= 0.6 is 0 Å². The number of ether oxygens (including phenoxy) is 1. The van der Waals surface area contributed by atoms with E-state index in [1.165, 1.54) is 5.56 Å². The number of guanidine groups is 1. The molecule has 1 atom stereocenters. The fraction of sp³-hybridized carbons (Fsp3) is 0.562. The minimum Gasteiger partial charge on any atom is -0.497 e. The molecule has 0 aliphatic carbocycles. The van der Waals surface area contributed by atoms with E-state index in [1.807, 2.05) is 19.1 Å². The summed E-state index contributed by atoms with van der Waals surface area (Å²) in [6.07, 6.45) is 0.974. The first-order valence-corrected chi connectivity index (χ1v) is 7.48. The quantitative estimate of drug-likeness (QED) is 0.504. The van der Waals surface area contributed by atoms with Crippen LogP contribution in [0.15, 0.2) is 29.3 Å². The Morgan fingerprint density at radius 3 is 2.57 bits per heavy atom. The maximum atomic E-state index is 8.83. The van der Waals surface area contributed by atoms with Crippen molar-refractivity contribution >= 4 is 5.96 Å². The molecule has 0 aliphatic rings. The molecule has 5 nitrogen and oxygen atoms in total. The van der Waals surface area contributed by atoms with Crippen LogP contribution in [0.1, 0.15) is 31.7 Å². The van der Waals surface area contributed by atoms with Gasteiger partial charge in [-0.05, 0) is 37.0 Å². The van der Waals surface area contributed by atoms with Gasteiger partial charge >= 0.3 is 0 Å². The third-order valence-corrected chi connectivity index (χ3v) is 3.27. The molecular weight excluding hydrogens is 266 g/mol. The van der Waals surface area contributed by atoms with E-state index in [1.54, 1.807) is 7.11 Å². The number of nitrogens with one attached hydrogen (secondary N) is 2. The van der Waals surface area contributed by atoms with Crippen molar-refractivity contribution in [2.24, 2.45) is 4.99 Å². The van der Waals surface area contributed by atoms with E-state index in [-0.39, 0.29) is 6.61 Å². The molecule has 0 saturated carbocycles. The molecule has 0 aliphatic heterocycles. The number of aliphatic hydroxyl groups excluding tert-OH is 1. The number of nitrogens with zero attached hydrogens (tertiary/aromatic N) is 1. The van der Waals surface area contributed by atoms with E-state index in [0.29, 0.717) is 12.5 Å². The third-order valence-electron chi connectivity index (χ3n) is 3.27. The van der Waals surface area contributed by atoms with Crippen LogP contribution in [0.3, 0.4) is 0 Å². The Hall–Kier alpha value is -1.75. The smallest absolute Gasteiger partial charge is 0.191 e. The molecule has 5 heteroatoms. The molecule has 0 amide bonds. The summed E-state index contributed by atoms with van der Waals surface area (Å²) < 4.78 is 5.17. The number of hydrogen-bond donors (Lipinski definition) is 3. The number of aliphatic hydroxyl groups is 1. The first kappa shape index (κ1) is 17.3. The predicted octanol–water partition coefficient (Wildman–Crippen LogP) is 1.74. The molecule has 1 unspecified atom stereocenters. The standard InChI is InChI=1S/C16H27N3O2/c1-4-17-16(19-11-12-20)18-10-9-13(2)14-5-7-15(21-3)8-6-14/h5-8,13,20H,4,9-12H2,1-3H3,(H2,17,18,19). The summed E-state index contributed by atoms with van der Waals surface area (Å²) in [6.45, 7) is 6.40. The fourth-order valence-electron chi connectivity index (χ4n) is 1.99. The Balaban J connectivity index is 2.47. The van der Waals surface area contributed by atoms with Gasteiger partial charge in [-0.25, -0.2) is 0 Å². The lowest BCUT2D eigenvalue weighted by Gasteiger charge is -2.13. The summed E-state index contributed by atoms with van der Waals surface area (Å²) in [5.41, 5.74) is 1.29.